The summed E-state index contributed by atoms with van der Waals surface area (Å²) >= 11 is 0. The number of nitrogens with two attached hydrogens (primary N) is 1. The second-order valence-electron chi connectivity index (χ2n) is 2.68. The predicted molar refractivity (Wildman–Crippen MR) is 52.2 cm³/mol. The van der Waals surface area contributed by atoms with Gasteiger partial charge >= 0.3 is 0 Å². The van der Waals surface area contributed by atoms with Crippen molar-refractivity contribution in [2.24, 2.45) is 5.73 Å². The van der Waals surface area contributed by atoms with Gasteiger partial charge in [-0.25, -0.2) is 0 Å². The van der Waals surface area contributed by atoms with Crippen LogP contribution < -0.4 is 11.1 Å². The molecule has 72 valence electrons. The van der Waals surface area contributed by atoms with Crippen LogP contribution in [0.2, 0.25) is 0 Å². The first kappa shape index (κ1) is 11.6. The molecule has 1 unspecified atom stereocenters. The number of hydrogen-bond donors (Lipinski definition) is 2. The third kappa shape index (κ3) is 9.62. The van der Waals surface area contributed by atoms with Crippen LogP contribution in [0.5, 0.6) is 0 Å². The lowest BCUT2D eigenvalue weighted by molar-refractivity contribution is 0.397. The Morgan fingerprint density at radius 1 is 1.75 bits per heavy atom. The second kappa shape index (κ2) is 8.71. The summed E-state index contributed by atoms with van der Waals surface area (Å²) in [5, 5.41) is 3.27. The highest BCUT2D eigenvalue weighted by Gasteiger charge is 2.20. The Hall–Kier alpha value is -0.380. The van der Waals surface area contributed by atoms with Crippen LogP contribution >= 0.6 is 0 Å². The highest BCUT2D eigenvalue weighted by molar-refractivity contribution is 4.70. The Bertz CT molecular complexity index is 103. The molecule has 0 amide bonds. The van der Waals surface area contributed by atoms with Gasteiger partial charge in [-0.2, -0.15) is 0 Å². The van der Waals surface area contributed by atoms with Gasteiger partial charge in [0.15, 0.2) is 0 Å². The van der Waals surface area contributed by atoms with Crippen LogP contribution in [0.4, 0.5) is 0 Å². The van der Waals surface area contributed by atoms with Crippen molar-refractivity contribution >= 4 is 0 Å². The molecular weight excluding hydrogens is 152 g/mol. The first-order chi connectivity index (χ1) is 5.85. The lowest BCUT2D eigenvalue weighted by Crippen LogP contribution is -2.19. The van der Waals surface area contributed by atoms with Crippen LogP contribution in [-0.2, 0) is 4.74 Å². The van der Waals surface area contributed by atoms with Crippen molar-refractivity contribution < 1.29 is 4.74 Å². The van der Waals surface area contributed by atoms with Crippen molar-refractivity contribution in [3.63, 3.8) is 0 Å². The van der Waals surface area contributed by atoms with Crippen LogP contribution in [-0.4, -0.2) is 32.3 Å². The van der Waals surface area contributed by atoms with Crippen molar-refractivity contribution in [3.8, 4) is 0 Å². The molecule has 3 heteroatoms. The van der Waals surface area contributed by atoms with E-state index in [9.17, 15) is 0 Å². The summed E-state index contributed by atoms with van der Waals surface area (Å²) in [6.45, 7) is 9.25. The Morgan fingerprint density at radius 2 is 2.33 bits per heavy atom. The largest absolute Gasteiger partial charge is 0.372 e. The SMILES string of the molecule is C=CCN.CCCNCC1CO1. The quantitative estimate of drug-likeness (QED) is 0.361. The van der Waals surface area contributed by atoms with Crippen LogP contribution in [0.15, 0.2) is 12.7 Å². The first-order valence-corrected chi connectivity index (χ1v) is 4.48. The molecule has 12 heavy (non-hydrogen) atoms. The maximum Gasteiger partial charge on any atom is 0.0933 e. The fourth-order valence-electron chi connectivity index (χ4n) is 0.626. The van der Waals surface area contributed by atoms with E-state index in [4.69, 9.17) is 10.5 Å². The molecule has 0 saturated carbocycles. The average molecular weight is 172 g/mol. The second-order valence-corrected chi connectivity index (χ2v) is 2.68. The maximum absolute atomic E-state index is 4.99. The number of hydrogen-bond acceptors (Lipinski definition) is 3. The number of ether oxygens (including phenoxy) is 1. The van der Waals surface area contributed by atoms with Crippen LogP contribution in [0.25, 0.3) is 0 Å². The van der Waals surface area contributed by atoms with E-state index in [1.807, 2.05) is 0 Å². The van der Waals surface area contributed by atoms with Gasteiger partial charge in [0, 0.05) is 13.1 Å². The van der Waals surface area contributed by atoms with Gasteiger partial charge in [0.1, 0.15) is 0 Å². The zero-order valence-electron chi connectivity index (χ0n) is 7.88. The fraction of sp³-hybridized carbons (Fsp3) is 0.778. The Labute approximate surface area is 75.0 Å². The summed E-state index contributed by atoms with van der Waals surface area (Å²) in [6.07, 6.45) is 3.41. The van der Waals surface area contributed by atoms with Gasteiger partial charge in [-0.3, -0.25) is 0 Å². The topological polar surface area (TPSA) is 50.6 Å². The Kier molecular flexibility index (Phi) is 8.44. The van der Waals surface area contributed by atoms with Gasteiger partial charge in [-0.15, -0.1) is 6.58 Å². The van der Waals surface area contributed by atoms with Gasteiger partial charge in [-0.05, 0) is 13.0 Å². The van der Waals surface area contributed by atoms with Crippen molar-refractivity contribution in [1.29, 1.82) is 0 Å². The molecule has 1 atom stereocenters. The fourth-order valence-corrected chi connectivity index (χ4v) is 0.626. The third-order valence-corrected chi connectivity index (χ3v) is 1.37. The van der Waals surface area contributed by atoms with Crippen LogP contribution in [0.1, 0.15) is 13.3 Å². The molecule has 1 saturated heterocycles. The van der Waals surface area contributed by atoms with E-state index in [-0.39, 0.29) is 0 Å². The molecular formula is C9H20N2O. The van der Waals surface area contributed by atoms with Gasteiger partial charge < -0.3 is 15.8 Å². The van der Waals surface area contributed by atoms with Gasteiger partial charge in [-0.1, -0.05) is 13.0 Å². The summed E-state index contributed by atoms with van der Waals surface area (Å²) in [4.78, 5) is 0. The summed E-state index contributed by atoms with van der Waals surface area (Å²) in [6, 6.07) is 0. The van der Waals surface area contributed by atoms with E-state index in [0.29, 0.717) is 12.6 Å². The minimum Gasteiger partial charge on any atom is -0.372 e. The summed E-state index contributed by atoms with van der Waals surface area (Å²) in [7, 11) is 0. The van der Waals surface area contributed by atoms with E-state index in [1.165, 1.54) is 6.42 Å². The number of epoxide rings is 1. The molecule has 0 aromatic carbocycles. The standard InChI is InChI=1S/C6H13NO.C3H7N/c1-2-3-7-4-6-5-8-6;1-2-3-4/h6-7H,2-5H2,1H3;2H,1,3-4H2. The highest BCUT2D eigenvalue weighted by Crippen LogP contribution is 2.05. The zero-order valence-corrected chi connectivity index (χ0v) is 7.88. The van der Waals surface area contributed by atoms with E-state index in [0.717, 1.165) is 19.7 Å². The molecule has 0 bridgehead atoms. The van der Waals surface area contributed by atoms with E-state index in [2.05, 4.69) is 18.8 Å². The highest BCUT2D eigenvalue weighted by atomic mass is 16.6. The van der Waals surface area contributed by atoms with Crippen molar-refractivity contribution in [1.82, 2.24) is 5.32 Å². The lowest BCUT2D eigenvalue weighted by atomic mass is 10.4. The molecule has 1 fully saturated rings. The summed E-state index contributed by atoms with van der Waals surface area (Å²) in [5.74, 6) is 0. The molecule has 1 aliphatic heterocycles. The third-order valence-electron chi connectivity index (χ3n) is 1.37. The van der Waals surface area contributed by atoms with E-state index in [1.54, 1.807) is 6.08 Å². The van der Waals surface area contributed by atoms with E-state index >= 15 is 0 Å². The number of nitrogens with one attached hydrogen (secondary N) is 1. The smallest absolute Gasteiger partial charge is 0.0933 e. The summed E-state index contributed by atoms with van der Waals surface area (Å²) in [5.41, 5.74) is 4.91. The monoisotopic (exact) mass is 172 g/mol. The van der Waals surface area contributed by atoms with Gasteiger partial charge in [0.05, 0.1) is 12.7 Å². The first-order valence-electron chi connectivity index (χ1n) is 4.48. The van der Waals surface area contributed by atoms with Crippen LogP contribution in [0.3, 0.4) is 0 Å². The minimum absolute atomic E-state index is 0.543. The molecule has 0 aliphatic carbocycles. The molecule has 1 heterocycles. The zero-order chi connectivity index (χ0) is 9.23. The molecule has 1 aliphatic rings. The molecule has 3 N–H and O–H groups in total. The Balaban J connectivity index is 0.000000261. The normalized spacial score (nSPS) is 19.3. The maximum atomic E-state index is 4.99. The van der Waals surface area contributed by atoms with Gasteiger partial charge in [0.25, 0.3) is 0 Å². The minimum atomic E-state index is 0.543. The molecule has 0 radical (unpaired) electrons. The molecule has 0 spiro atoms. The van der Waals surface area contributed by atoms with E-state index < -0.39 is 0 Å². The Morgan fingerprint density at radius 3 is 2.67 bits per heavy atom. The average Bonchev–Trinajstić information content (AvgIpc) is 2.89. The molecule has 0 aromatic heterocycles. The number of rotatable bonds is 5. The molecule has 0 aromatic rings. The van der Waals surface area contributed by atoms with Crippen LogP contribution in [0, 0.1) is 0 Å². The van der Waals surface area contributed by atoms with Crippen molar-refractivity contribution in [3.05, 3.63) is 12.7 Å². The summed E-state index contributed by atoms with van der Waals surface area (Å²) < 4.78 is 4.99. The molecule has 3 nitrogen and oxygen atoms in total. The van der Waals surface area contributed by atoms with Crippen molar-refractivity contribution in [2.45, 2.75) is 19.4 Å². The lowest BCUT2D eigenvalue weighted by Gasteiger charge is -1.95. The molecule has 1 rings (SSSR count). The van der Waals surface area contributed by atoms with Crippen molar-refractivity contribution in [2.75, 3.05) is 26.2 Å². The predicted octanol–water partition coefficient (Wildman–Crippen LogP) is 0.516. The van der Waals surface area contributed by atoms with Gasteiger partial charge in [0.2, 0.25) is 0 Å².